The number of nitrogens with one attached hydrogen (secondary N) is 1. The van der Waals surface area contributed by atoms with Crippen molar-refractivity contribution in [3.05, 3.63) is 45.7 Å². The van der Waals surface area contributed by atoms with E-state index < -0.39 is 0 Å². The lowest BCUT2D eigenvalue weighted by Crippen LogP contribution is -2.33. The Labute approximate surface area is 157 Å². The Morgan fingerprint density at radius 2 is 2.21 bits per heavy atom. The summed E-state index contributed by atoms with van der Waals surface area (Å²) in [5.74, 6) is 0.00662. The highest BCUT2D eigenvalue weighted by molar-refractivity contribution is 9.10. The lowest BCUT2D eigenvalue weighted by Gasteiger charge is -2.16. The van der Waals surface area contributed by atoms with Crippen LogP contribution in [0.25, 0.3) is 5.69 Å². The quantitative estimate of drug-likeness (QED) is 0.820. The summed E-state index contributed by atoms with van der Waals surface area (Å²) in [6.07, 6.45) is 2.99. The van der Waals surface area contributed by atoms with Gasteiger partial charge in [0.25, 0.3) is 5.91 Å². The number of halogens is 2. The van der Waals surface area contributed by atoms with Crippen LogP contribution in [0.3, 0.4) is 0 Å². The molecule has 3 rings (SSSR count). The summed E-state index contributed by atoms with van der Waals surface area (Å²) in [5, 5.41) is 7.73. The number of nitrogens with zero attached hydrogens (tertiary/aromatic N) is 3. The zero-order valence-electron chi connectivity index (χ0n) is 13.9. The molecule has 0 bridgehead atoms. The molecule has 5 nitrogen and oxygen atoms in total. The third-order valence-corrected chi connectivity index (χ3v) is 4.72. The van der Waals surface area contributed by atoms with E-state index in [1.54, 1.807) is 4.90 Å². The van der Waals surface area contributed by atoms with Gasteiger partial charge < -0.3 is 10.2 Å². The molecule has 0 unspecified atom stereocenters. The number of hydrogen-bond donors (Lipinski definition) is 1. The first kappa shape index (κ1) is 19.0. The van der Waals surface area contributed by atoms with Crippen LogP contribution >= 0.6 is 28.3 Å². The second-order valence-corrected chi connectivity index (χ2v) is 6.77. The topological polar surface area (TPSA) is 50.2 Å². The van der Waals surface area contributed by atoms with E-state index in [2.05, 4.69) is 26.3 Å². The number of likely N-dealkylation sites (N-methyl/N-ethyl adjacent to an activating group) is 2. The highest BCUT2D eigenvalue weighted by Crippen LogP contribution is 2.29. The van der Waals surface area contributed by atoms with Crippen LogP contribution in [-0.4, -0.2) is 47.8 Å². The van der Waals surface area contributed by atoms with Crippen molar-refractivity contribution in [2.45, 2.75) is 19.3 Å². The fourth-order valence-corrected chi connectivity index (χ4v) is 3.38. The summed E-state index contributed by atoms with van der Waals surface area (Å²) in [6, 6.07) is 8.04. The number of carbonyl (C=O) groups excluding carboxylic acids is 1. The first-order valence-corrected chi connectivity index (χ1v) is 8.68. The van der Waals surface area contributed by atoms with Gasteiger partial charge in [0, 0.05) is 35.9 Å². The maximum Gasteiger partial charge on any atom is 0.274 e. The smallest absolute Gasteiger partial charge is 0.274 e. The summed E-state index contributed by atoms with van der Waals surface area (Å²) in [5.41, 5.74) is 3.89. The molecule has 0 atom stereocenters. The number of hydrogen-bond acceptors (Lipinski definition) is 3. The van der Waals surface area contributed by atoms with E-state index in [0.717, 1.165) is 41.5 Å². The molecule has 7 heteroatoms. The normalized spacial score (nSPS) is 12.6. The van der Waals surface area contributed by atoms with Gasteiger partial charge in [-0.15, -0.1) is 12.4 Å². The Bertz CT molecular complexity index is 731. The molecular weight excluding hydrogens is 392 g/mol. The van der Waals surface area contributed by atoms with E-state index >= 15 is 0 Å². The molecule has 2 aromatic rings. The maximum absolute atomic E-state index is 12.7. The molecule has 1 aliphatic rings. The van der Waals surface area contributed by atoms with Crippen molar-refractivity contribution in [1.29, 1.82) is 0 Å². The molecule has 0 fully saturated rings. The molecule has 1 amide bonds. The summed E-state index contributed by atoms with van der Waals surface area (Å²) >= 11 is 3.50. The van der Waals surface area contributed by atoms with E-state index in [4.69, 9.17) is 0 Å². The van der Waals surface area contributed by atoms with Crippen molar-refractivity contribution in [3.63, 3.8) is 0 Å². The lowest BCUT2D eigenvalue weighted by molar-refractivity contribution is 0.0789. The summed E-state index contributed by atoms with van der Waals surface area (Å²) in [4.78, 5) is 14.5. The van der Waals surface area contributed by atoms with Gasteiger partial charge in [0.1, 0.15) is 0 Å². The van der Waals surface area contributed by atoms with Crippen LogP contribution in [0.5, 0.6) is 0 Å². The van der Waals surface area contributed by atoms with Gasteiger partial charge in [-0.3, -0.25) is 4.79 Å². The summed E-state index contributed by atoms with van der Waals surface area (Å²) in [7, 11) is 3.72. The zero-order valence-corrected chi connectivity index (χ0v) is 16.3. The van der Waals surface area contributed by atoms with Crippen molar-refractivity contribution in [1.82, 2.24) is 20.0 Å². The molecule has 1 aromatic carbocycles. The van der Waals surface area contributed by atoms with E-state index in [9.17, 15) is 4.79 Å². The third-order valence-electron chi connectivity index (χ3n) is 4.23. The van der Waals surface area contributed by atoms with Crippen LogP contribution in [0.4, 0.5) is 0 Å². The molecule has 130 valence electrons. The number of fused-ring (bicyclic) bond motifs is 1. The number of amides is 1. The van der Waals surface area contributed by atoms with Gasteiger partial charge in [-0.05, 0) is 44.5 Å². The molecule has 1 aliphatic carbocycles. The molecule has 0 spiro atoms. The molecule has 0 aliphatic heterocycles. The molecule has 0 saturated carbocycles. The standard InChI is InChI=1S/C17H21BrN4O.ClH/c1-19-9-10-21(2)17(23)16-14-7-4-8-15(14)22(20-16)13-6-3-5-12(18)11-13;/h3,5-6,11,19H,4,7-10H2,1-2H3;1H. The average molecular weight is 414 g/mol. The van der Waals surface area contributed by atoms with Gasteiger partial charge in [0.05, 0.1) is 5.69 Å². The second kappa shape index (κ2) is 8.14. The lowest BCUT2D eigenvalue weighted by atomic mass is 10.2. The molecule has 1 N–H and O–H groups in total. The fourth-order valence-electron chi connectivity index (χ4n) is 2.99. The van der Waals surface area contributed by atoms with Gasteiger partial charge in [-0.25, -0.2) is 4.68 Å². The number of carbonyl (C=O) groups is 1. The fraction of sp³-hybridized carbons (Fsp3) is 0.412. The molecule has 0 radical (unpaired) electrons. The molecule has 24 heavy (non-hydrogen) atoms. The second-order valence-electron chi connectivity index (χ2n) is 5.85. The Morgan fingerprint density at radius 3 is 2.92 bits per heavy atom. The first-order chi connectivity index (χ1) is 11.1. The Kier molecular flexibility index (Phi) is 6.43. The van der Waals surface area contributed by atoms with Crippen LogP contribution in [0, 0.1) is 0 Å². The van der Waals surface area contributed by atoms with E-state index in [-0.39, 0.29) is 18.3 Å². The SMILES string of the molecule is CNCCN(C)C(=O)c1nn(-c2cccc(Br)c2)c2c1CCC2.Cl. The summed E-state index contributed by atoms with van der Waals surface area (Å²) in [6.45, 7) is 1.45. The summed E-state index contributed by atoms with van der Waals surface area (Å²) < 4.78 is 2.95. The van der Waals surface area contributed by atoms with Gasteiger partial charge in [-0.1, -0.05) is 22.0 Å². The van der Waals surface area contributed by atoms with Crippen LogP contribution in [0.2, 0.25) is 0 Å². The molecule has 0 saturated heterocycles. The van der Waals surface area contributed by atoms with E-state index in [0.29, 0.717) is 12.2 Å². The molecule has 1 aromatic heterocycles. The predicted octanol–water partition coefficient (Wildman–Crippen LogP) is 2.84. The minimum absolute atomic E-state index is 0. The van der Waals surface area contributed by atoms with Gasteiger partial charge >= 0.3 is 0 Å². The third kappa shape index (κ3) is 3.66. The number of benzene rings is 1. The molecular formula is C17H22BrClN4O. The highest BCUT2D eigenvalue weighted by atomic mass is 79.9. The van der Waals surface area contributed by atoms with Gasteiger partial charge in [0.15, 0.2) is 5.69 Å². The van der Waals surface area contributed by atoms with Gasteiger partial charge in [-0.2, -0.15) is 5.10 Å². The van der Waals surface area contributed by atoms with Crippen LogP contribution in [0.15, 0.2) is 28.7 Å². The largest absolute Gasteiger partial charge is 0.339 e. The highest BCUT2D eigenvalue weighted by Gasteiger charge is 2.28. The number of rotatable bonds is 5. The van der Waals surface area contributed by atoms with E-state index in [1.807, 2.05) is 43.0 Å². The van der Waals surface area contributed by atoms with E-state index in [1.165, 1.54) is 5.69 Å². The van der Waals surface area contributed by atoms with Crippen molar-refractivity contribution in [2.24, 2.45) is 0 Å². The van der Waals surface area contributed by atoms with Crippen LogP contribution in [0.1, 0.15) is 28.2 Å². The minimum atomic E-state index is 0. The average Bonchev–Trinajstić information content (AvgIpc) is 3.14. The Balaban J connectivity index is 0.00000208. The van der Waals surface area contributed by atoms with Crippen LogP contribution in [-0.2, 0) is 12.8 Å². The van der Waals surface area contributed by atoms with Crippen molar-refractivity contribution >= 4 is 34.2 Å². The minimum Gasteiger partial charge on any atom is -0.339 e. The Hall–Kier alpha value is -1.37. The van der Waals surface area contributed by atoms with Crippen molar-refractivity contribution < 1.29 is 4.79 Å². The number of aromatic nitrogens is 2. The molecule has 1 heterocycles. The van der Waals surface area contributed by atoms with Crippen molar-refractivity contribution in [3.8, 4) is 5.69 Å². The predicted molar refractivity (Wildman–Crippen MR) is 101 cm³/mol. The van der Waals surface area contributed by atoms with Crippen molar-refractivity contribution in [2.75, 3.05) is 27.2 Å². The van der Waals surface area contributed by atoms with Crippen LogP contribution < -0.4 is 5.32 Å². The Morgan fingerprint density at radius 1 is 1.42 bits per heavy atom. The zero-order chi connectivity index (χ0) is 16.4. The monoisotopic (exact) mass is 412 g/mol. The first-order valence-electron chi connectivity index (χ1n) is 7.88. The van der Waals surface area contributed by atoms with Gasteiger partial charge in [0.2, 0.25) is 0 Å². The maximum atomic E-state index is 12.7.